The Labute approximate surface area is 114 Å². The average molecular weight is 266 g/mol. The lowest BCUT2D eigenvalue weighted by atomic mass is 10.1. The smallest absolute Gasteiger partial charge is 0.224 e. The molecule has 6 nitrogen and oxygen atoms in total. The molecule has 0 saturated heterocycles. The number of hydrogen-bond acceptors (Lipinski definition) is 5. The van der Waals surface area contributed by atoms with Gasteiger partial charge in [-0.3, -0.25) is 4.79 Å². The summed E-state index contributed by atoms with van der Waals surface area (Å²) in [5.41, 5.74) is 0.875. The highest BCUT2D eigenvalue weighted by Gasteiger charge is 2.18. The third-order valence-electron chi connectivity index (χ3n) is 2.98. The minimum absolute atomic E-state index is 0.0160. The second-order valence-electron chi connectivity index (χ2n) is 4.62. The Morgan fingerprint density at radius 2 is 2.05 bits per heavy atom. The van der Waals surface area contributed by atoms with Crippen molar-refractivity contribution in [3.8, 4) is 5.88 Å². The summed E-state index contributed by atoms with van der Waals surface area (Å²) in [4.78, 5) is 22.2. The fraction of sp³-hybridized carbons (Fsp3) is 0.615. The van der Waals surface area contributed by atoms with Gasteiger partial charge in [-0.1, -0.05) is 6.92 Å². The van der Waals surface area contributed by atoms with E-state index in [9.17, 15) is 4.79 Å². The topological polar surface area (TPSA) is 67.4 Å². The van der Waals surface area contributed by atoms with Crippen LogP contribution in [0.5, 0.6) is 5.88 Å². The van der Waals surface area contributed by atoms with Crippen molar-refractivity contribution in [2.75, 3.05) is 32.6 Å². The van der Waals surface area contributed by atoms with Gasteiger partial charge in [-0.2, -0.15) is 4.98 Å². The van der Waals surface area contributed by atoms with Crippen LogP contribution in [-0.2, 0) is 4.79 Å². The number of carbonyl (C=O) groups excluding carboxylic acids is 1. The number of rotatable bonds is 5. The maximum atomic E-state index is 11.6. The number of methoxy groups -OCH3 is 1. The van der Waals surface area contributed by atoms with Crippen LogP contribution in [0.1, 0.15) is 18.3 Å². The van der Waals surface area contributed by atoms with Crippen LogP contribution in [-0.4, -0.2) is 43.6 Å². The molecule has 0 aliphatic carbocycles. The number of aryl methyl sites for hydroxylation is 1. The summed E-state index contributed by atoms with van der Waals surface area (Å²) in [6.45, 7) is 6.20. The summed E-state index contributed by atoms with van der Waals surface area (Å²) in [6.07, 6.45) is 0. The van der Waals surface area contributed by atoms with Gasteiger partial charge in [0.1, 0.15) is 11.6 Å². The van der Waals surface area contributed by atoms with Crippen molar-refractivity contribution in [1.29, 1.82) is 0 Å². The highest BCUT2D eigenvalue weighted by atomic mass is 16.5. The quantitative estimate of drug-likeness (QED) is 0.858. The van der Waals surface area contributed by atoms with Crippen LogP contribution in [0.15, 0.2) is 0 Å². The first-order valence-electron chi connectivity index (χ1n) is 6.22. The molecule has 0 saturated carbocycles. The van der Waals surface area contributed by atoms with Gasteiger partial charge in [-0.05, 0) is 13.8 Å². The number of hydrogen-bond donors (Lipinski definition) is 1. The molecule has 1 heterocycles. The molecule has 19 heavy (non-hydrogen) atoms. The number of carbonyl (C=O) groups is 1. The number of aromatic nitrogens is 2. The van der Waals surface area contributed by atoms with E-state index in [1.165, 1.54) is 0 Å². The van der Waals surface area contributed by atoms with Crippen LogP contribution in [0.25, 0.3) is 0 Å². The van der Waals surface area contributed by atoms with E-state index in [2.05, 4.69) is 15.3 Å². The van der Waals surface area contributed by atoms with Gasteiger partial charge < -0.3 is 15.0 Å². The summed E-state index contributed by atoms with van der Waals surface area (Å²) in [5, 5.41) is 2.65. The van der Waals surface area contributed by atoms with E-state index in [4.69, 9.17) is 4.74 Å². The molecule has 0 aliphatic heterocycles. The Kier molecular flexibility index (Phi) is 5.09. The van der Waals surface area contributed by atoms with Crippen molar-refractivity contribution in [3.05, 3.63) is 11.4 Å². The summed E-state index contributed by atoms with van der Waals surface area (Å²) >= 11 is 0. The molecule has 0 spiro atoms. The molecule has 0 bridgehead atoms. The average Bonchev–Trinajstić information content (AvgIpc) is 2.39. The zero-order valence-corrected chi connectivity index (χ0v) is 12.4. The molecular formula is C13H22N4O2. The fourth-order valence-corrected chi connectivity index (χ4v) is 1.99. The number of ether oxygens (including phenoxy) is 1. The van der Waals surface area contributed by atoms with Gasteiger partial charge in [0.25, 0.3) is 0 Å². The van der Waals surface area contributed by atoms with E-state index in [0.717, 1.165) is 11.4 Å². The fourth-order valence-electron chi connectivity index (χ4n) is 1.99. The number of nitrogens with zero attached hydrogens (tertiary/aromatic N) is 3. The van der Waals surface area contributed by atoms with E-state index >= 15 is 0 Å². The molecule has 0 aromatic carbocycles. The molecule has 0 fully saturated rings. The van der Waals surface area contributed by atoms with Gasteiger partial charge in [0, 0.05) is 20.6 Å². The molecule has 1 atom stereocenters. The van der Waals surface area contributed by atoms with Crippen LogP contribution < -0.4 is 15.0 Å². The third kappa shape index (κ3) is 3.56. The molecule has 0 unspecified atom stereocenters. The van der Waals surface area contributed by atoms with E-state index in [0.29, 0.717) is 18.2 Å². The Balaban J connectivity index is 2.96. The molecule has 1 aromatic rings. The van der Waals surface area contributed by atoms with E-state index < -0.39 is 0 Å². The first kappa shape index (κ1) is 15.2. The molecule has 1 aromatic heterocycles. The Bertz CT molecular complexity index is 462. The van der Waals surface area contributed by atoms with Crippen molar-refractivity contribution < 1.29 is 9.53 Å². The van der Waals surface area contributed by atoms with Crippen LogP contribution in [0, 0.1) is 19.8 Å². The molecule has 1 amide bonds. The molecule has 0 radical (unpaired) electrons. The zero-order chi connectivity index (χ0) is 14.6. The van der Waals surface area contributed by atoms with E-state index in [1.54, 1.807) is 14.2 Å². The van der Waals surface area contributed by atoms with Gasteiger partial charge in [0.15, 0.2) is 0 Å². The molecule has 6 heteroatoms. The highest BCUT2D eigenvalue weighted by Crippen LogP contribution is 2.24. The summed E-state index contributed by atoms with van der Waals surface area (Å²) in [7, 11) is 5.14. The second kappa shape index (κ2) is 6.36. The summed E-state index contributed by atoms with van der Waals surface area (Å²) < 4.78 is 5.23. The predicted octanol–water partition coefficient (Wildman–Crippen LogP) is 0.920. The lowest BCUT2D eigenvalue weighted by Gasteiger charge is -2.24. The monoisotopic (exact) mass is 266 g/mol. The highest BCUT2D eigenvalue weighted by molar-refractivity contribution is 5.78. The van der Waals surface area contributed by atoms with Crippen molar-refractivity contribution in [2.24, 2.45) is 5.92 Å². The van der Waals surface area contributed by atoms with E-state index in [1.807, 2.05) is 32.7 Å². The van der Waals surface area contributed by atoms with E-state index in [-0.39, 0.29) is 11.8 Å². The first-order chi connectivity index (χ1) is 8.90. The number of anilines is 1. The van der Waals surface area contributed by atoms with Gasteiger partial charge >= 0.3 is 0 Å². The number of amides is 1. The molecule has 1 N–H and O–H groups in total. The molecule has 106 valence electrons. The van der Waals surface area contributed by atoms with Crippen LogP contribution in [0.3, 0.4) is 0 Å². The van der Waals surface area contributed by atoms with Crippen LogP contribution in [0.2, 0.25) is 0 Å². The van der Waals surface area contributed by atoms with Crippen LogP contribution >= 0.6 is 0 Å². The van der Waals surface area contributed by atoms with Crippen LogP contribution in [0.4, 0.5) is 5.82 Å². The molecule has 1 rings (SSSR count). The second-order valence-corrected chi connectivity index (χ2v) is 4.62. The SMILES string of the molecule is CNC(=O)[C@H](C)CN(C)c1nc(C)nc(OC)c1C. The largest absolute Gasteiger partial charge is 0.481 e. The van der Waals surface area contributed by atoms with Gasteiger partial charge in [0.2, 0.25) is 11.8 Å². The minimum atomic E-state index is -0.115. The van der Waals surface area contributed by atoms with Crippen molar-refractivity contribution in [1.82, 2.24) is 15.3 Å². The first-order valence-corrected chi connectivity index (χ1v) is 6.22. The normalized spacial score (nSPS) is 11.9. The Morgan fingerprint density at radius 1 is 1.42 bits per heavy atom. The minimum Gasteiger partial charge on any atom is -0.481 e. The Morgan fingerprint density at radius 3 is 2.58 bits per heavy atom. The van der Waals surface area contributed by atoms with Gasteiger partial charge in [-0.15, -0.1) is 0 Å². The third-order valence-corrected chi connectivity index (χ3v) is 2.98. The molecule has 0 aliphatic rings. The van der Waals surface area contributed by atoms with Crippen molar-refractivity contribution in [3.63, 3.8) is 0 Å². The molecular weight excluding hydrogens is 244 g/mol. The standard InChI is InChI=1S/C13H22N4O2/c1-8(12(18)14-4)7-17(5)11-9(2)13(19-6)16-10(3)15-11/h8H,7H2,1-6H3,(H,14,18)/t8-/m1/s1. The van der Waals surface area contributed by atoms with Crippen molar-refractivity contribution in [2.45, 2.75) is 20.8 Å². The Hall–Kier alpha value is -1.85. The summed E-state index contributed by atoms with van der Waals surface area (Å²) in [5.74, 6) is 1.91. The van der Waals surface area contributed by atoms with Crippen molar-refractivity contribution >= 4 is 11.7 Å². The van der Waals surface area contributed by atoms with Gasteiger partial charge in [0.05, 0.1) is 18.6 Å². The van der Waals surface area contributed by atoms with Gasteiger partial charge in [-0.25, -0.2) is 4.98 Å². The predicted molar refractivity (Wildman–Crippen MR) is 74.6 cm³/mol. The number of nitrogens with one attached hydrogen (secondary N) is 1. The lowest BCUT2D eigenvalue weighted by molar-refractivity contribution is -0.123. The summed E-state index contributed by atoms with van der Waals surface area (Å²) in [6, 6.07) is 0. The maximum Gasteiger partial charge on any atom is 0.224 e. The maximum absolute atomic E-state index is 11.6. The lowest BCUT2D eigenvalue weighted by Crippen LogP contribution is -2.35. The zero-order valence-electron chi connectivity index (χ0n) is 12.4.